The molecule has 1 aromatic carbocycles. The van der Waals surface area contributed by atoms with Gasteiger partial charge in [0.05, 0.1) is 18.1 Å². The Hall–Kier alpha value is -2.91. The zero-order valence-electron chi connectivity index (χ0n) is 13.5. The molecule has 0 amide bonds. The van der Waals surface area contributed by atoms with Gasteiger partial charge >= 0.3 is 0 Å². The van der Waals surface area contributed by atoms with Crippen molar-refractivity contribution in [3.8, 4) is 17.3 Å². The maximum absolute atomic E-state index is 10.3. The van der Waals surface area contributed by atoms with Crippen molar-refractivity contribution in [2.45, 2.75) is 18.4 Å². The fourth-order valence-corrected chi connectivity index (χ4v) is 3.67. The van der Waals surface area contributed by atoms with Crippen LogP contribution in [-0.4, -0.2) is 46.0 Å². The molecular weight excluding hydrogens is 356 g/mol. The molecule has 1 N–H and O–H groups in total. The molecule has 1 saturated carbocycles. The summed E-state index contributed by atoms with van der Waals surface area (Å²) in [5.74, 6) is 2.06. The number of aliphatic hydroxyl groups is 1. The molecule has 26 heavy (non-hydrogen) atoms. The number of fused-ring (bicyclic) bond motifs is 6. The lowest BCUT2D eigenvalue weighted by molar-refractivity contribution is 0.146. The Morgan fingerprint density at radius 3 is 2.81 bits per heavy atom. The maximum Gasteiger partial charge on any atom is 0.259 e. The second-order valence-electron chi connectivity index (χ2n) is 6.71. The Morgan fingerprint density at radius 1 is 1.12 bits per heavy atom. The van der Waals surface area contributed by atoms with Gasteiger partial charge in [-0.15, -0.1) is 15.3 Å². The van der Waals surface area contributed by atoms with Crippen LogP contribution in [0, 0.1) is 0 Å². The molecule has 1 fully saturated rings. The number of hydrogen-bond acceptors (Lipinski definition) is 7. The molecule has 0 bridgehead atoms. The van der Waals surface area contributed by atoms with Crippen LogP contribution in [0.5, 0.6) is 0 Å². The van der Waals surface area contributed by atoms with Crippen LogP contribution in [0.4, 0.5) is 5.69 Å². The SMILES string of the molecule is OC1(c2cn(-c3nnc4n3C3=CN(Cl)CN3c3ccccc3-4)nn2)CC1. The Balaban J connectivity index is 1.56. The lowest BCUT2D eigenvalue weighted by atomic mass is 10.1. The van der Waals surface area contributed by atoms with E-state index in [1.165, 1.54) is 0 Å². The first kappa shape index (κ1) is 14.3. The van der Waals surface area contributed by atoms with Crippen molar-refractivity contribution < 1.29 is 5.11 Å². The molecule has 10 heteroatoms. The molecule has 3 aromatic rings. The predicted molar refractivity (Wildman–Crippen MR) is 92.8 cm³/mol. The summed E-state index contributed by atoms with van der Waals surface area (Å²) in [6.45, 7) is 0.521. The summed E-state index contributed by atoms with van der Waals surface area (Å²) in [6.07, 6.45) is 4.96. The van der Waals surface area contributed by atoms with E-state index in [0.717, 1.165) is 17.1 Å². The molecule has 130 valence electrons. The van der Waals surface area contributed by atoms with Crippen LogP contribution >= 0.6 is 11.8 Å². The van der Waals surface area contributed by atoms with Gasteiger partial charge in [0.25, 0.3) is 5.95 Å². The third-order valence-corrected chi connectivity index (χ3v) is 5.22. The van der Waals surface area contributed by atoms with Crippen LogP contribution in [-0.2, 0) is 5.60 Å². The largest absolute Gasteiger partial charge is 0.383 e. The summed E-state index contributed by atoms with van der Waals surface area (Å²) in [5, 5.41) is 27.2. The fourth-order valence-electron chi connectivity index (χ4n) is 3.48. The van der Waals surface area contributed by atoms with E-state index in [0.29, 0.717) is 37.0 Å². The first-order chi connectivity index (χ1) is 12.6. The van der Waals surface area contributed by atoms with Crippen LogP contribution in [0.15, 0.2) is 36.7 Å². The topological polar surface area (TPSA) is 88.1 Å². The van der Waals surface area contributed by atoms with Gasteiger partial charge in [-0.2, -0.15) is 4.68 Å². The number of benzene rings is 1. The monoisotopic (exact) mass is 368 g/mol. The van der Waals surface area contributed by atoms with E-state index in [1.54, 1.807) is 15.3 Å². The molecule has 3 aliphatic rings. The van der Waals surface area contributed by atoms with E-state index in [-0.39, 0.29) is 0 Å². The zero-order chi connectivity index (χ0) is 17.5. The van der Waals surface area contributed by atoms with E-state index in [2.05, 4.69) is 25.4 Å². The summed E-state index contributed by atoms with van der Waals surface area (Å²) < 4.78 is 5.04. The minimum Gasteiger partial charge on any atom is -0.383 e. The van der Waals surface area contributed by atoms with Crippen molar-refractivity contribution in [3.05, 3.63) is 42.4 Å². The minimum atomic E-state index is -0.846. The van der Waals surface area contributed by atoms with Gasteiger partial charge in [-0.05, 0) is 25.0 Å². The molecule has 4 heterocycles. The number of anilines is 1. The summed E-state index contributed by atoms with van der Waals surface area (Å²) >= 11 is 6.25. The van der Waals surface area contributed by atoms with Crippen LogP contribution < -0.4 is 4.90 Å². The summed E-state index contributed by atoms with van der Waals surface area (Å²) in [4.78, 5) is 2.09. The molecular formula is C16H13ClN8O. The van der Waals surface area contributed by atoms with Crippen molar-refractivity contribution in [1.29, 1.82) is 0 Å². The molecule has 2 aromatic heterocycles. The molecule has 1 aliphatic carbocycles. The Labute approximate surface area is 152 Å². The van der Waals surface area contributed by atoms with Crippen LogP contribution in [0.1, 0.15) is 18.5 Å². The standard InChI is InChI=1S/C16H13ClN8O/c17-22-8-13-23(9-22)11-4-2-1-3-10(11)14-19-20-15(25(13)14)24-7-12(18-21-24)16(26)5-6-16/h1-4,7-8,26H,5-6,9H2. The fraction of sp³-hybridized carbons (Fsp3) is 0.250. The first-order valence-corrected chi connectivity index (χ1v) is 8.60. The van der Waals surface area contributed by atoms with Crippen LogP contribution in [0.2, 0.25) is 0 Å². The molecule has 6 rings (SSSR count). The molecule has 0 spiro atoms. The molecule has 0 atom stereocenters. The first-order valence-electron chi connectivity index (χ1n) is 8.27. The predicted octanol–water partition coefficient (Wildman–Crippen LogP) is 1.51. The second-order valence-corrected chi connectivity index (χ2v) is 7.15. The highest BCUT2D eigenvalue weighted by atomic mass is 35.5. The van der Waals surface area contributed by atoms with Gasteiger partial charge in [-0.3, -0.25) is 4.42 Å². The van der Waals surface area contributed by atoms with E-state index < -0.39 is 5.60 Å². The normalized spacial score (nSPS) is 19.1. The molecule has 2 aliphatic heterocycles. The van der Waals surface area contributed by atoms with Crippen molar-refractivity contribution >= 4 is 23.3 Å². The van der Waals surface area contributed by atoms with Crippen molar-refractivity contribution in [3.63, 3.8) is 0 Å². The van der Waals surface area contributed by atoms with Gasteiger partial charge in [-0.25, -0.2) is 4.57 Å². The smallest absolute Gasteiger partial charge is 0.259 e. The minimum absolute atomic E-state index is 0.501. The number of nitrogens with zero attached hydrogens (tertiary/aromatic N) is 8. The lowest BCUT2D eigenvalue weighted by Crippen LogP contribution is -2.29. The third kappa shape index (κ3) is 1.78. The number of rotatable bonds is 2. The zero-order valence-corrected chi connectivity index (χ0v) is 14.2. The van der Waals surface area contributed by atoms with Crippen molar-refractivity contribution in [2.24, 2.45) is 0 Å². The van der Waals surface area contributed by atoms with Crippen LogP contribution in [0.3, 0.4) is 0 Å². The van der Waals surface area contributed by atoms with E-state index in [1.807, 2.05) is 35.0 Å². The van der Waals surface area contributed by atoms with Gasteiger partial charge < -0.3 is 10.0 Å². The molecule has 0 saturated heterocycles. The van der Waals surface area contributed by atoms with Crippen molar-refractivity contribution in [2.75, 3.05) is 11.6 Å². The third-order valence-electron chi connectivity index (χ3n) is 5.02. The highest BCUT2D eigenvalue weighted by Gasteiger charge is 2.45. The Morgan fingerprint density at radius 2 is 1.96 bits per heavy atom. The summed E-state index contributed by atoms with van der Waals surface area (Å²) in [7, 11) is 0. The highest BCUT2D eigenvalue weighted by molar-refractivity contribution is 6.15. The number of hydrogen-bond donors (Lipinski definition) is 1. The lowest BCUT2D eigenvalue weighted by Gasteiger charge is -2.29. The second kappa shape index (κ2) is 4.63. The Bertz CT molecular complexity index is 1080. The van der Waals surface area contributed by atoms with Crippen molar-refractivity contribution in [1.82, 2.24) is 34.2 Å². The number of aromatic nitrogens is 6. The quantitative estimate of drug-likeness (QED) is 0.686. The summed E-state index contributed by atoms with van der Waals surface area (Å²) in [6, 6.07) is 8.00. The van der Waals surface area contributed by atoms with Gasteiger partial charge in [0.2, 0.25) is 0 Å². The van der Waals surface area contributed by atoms with Gasteiger partial charge in [0.1, 0.15) is 23.8 Å². The summed E-state index contributed by atoms with van der Waals surface area (Å²) in [5.41, 5.74) is 1.71. The van der Waals surface area contributed by atoms with Gasteiger partial charge in [0.15, 0.2) is 5.82 Å². The molecule has 0 unspecified atom stereocenters. The number of halogens is 1. The van der Waals surface area contributed by atoms with Crippen LogP contribution in [0.25, 0.3) is 23.2 Å². The average molecular weight is 369 g/mol. The number of para-hydroxylation sites is 1. The molecule has 0 radical (unpaired) electrons. The average Bonchev–Trinajstić information content (AvgIpc) is 3.05. The van der Waals surface area contributed by atoms with Gasteiger partial charge in [0, 0.05) is 17.3 Å². The Kier molecular flexibility index (Phi) is 2.54. The van der Waals surface area contributed by atoms with E-state index in [9.17, 15) is 5.11 Å². The van der Waals surface area contributed by atoms with Gasteiger partial charge in [-0.1, -0.05) is 17.3 Å². The molecule has 9 nitrogen and oxygen atoms in total. The van der Waals surface area contributed by atoms with E-state index in [4.69, 9.17) is 11.8 Å². The van der Waals surface area contributed by atoms with E-state index >= 15 is 0 Å². The highest BCUT2D eigenvalue weighted by Crippen LogP contribution is 2.45. The maximum atomic E-state index is 10.3.